The number of benzene rings is 1. The van der Waals surface area contributed by atoms with Crippen molar-refractivity contribution in [1.29, 1.82) is 0 Å². The van der Waals surface area contributed by atoms with Crippen molar-refractivity contribution in [3.8, 4) is 0 Å². The molecule has 0 aliphatic carbocycles. The average Bonchev–Trinajstić information content (AvgIpc) is 2.30. The van der Waals surface area contributed by atoms with Gasteiger partial charge in [-0.05, 0) is 37.6 Å². The van der Waals surface area contributed by atoms with Crippen molar-refractivity contribution < 1.29 is 8.42 Å². The number of aryl methyl sites for hydroxylation is 1. The van der Waals surface area contributed by atoms with Crippen molar-refractivity contribution in [1.82, 2.24) is 4.31 Å². The van der Waals surface area contributed by atoms with Crippen LogP contribution in [0.25, 0.3) is 0 Å². The van der Waals surface area contributed by atoms with E-state index in [2.05, 4.69) is 4.72 Å². The molecule has 102 valence electrons. The first-order valence-electron chi connectivity index (χ1n) is 5.57. The summed E-state index contributed by atoms with van der Waals surface area (Å²) in [5.74, 6) is 0. The number of anilines is 1. The Morgan fingerprint density at radius 2 is 2.11 bits per heavy atom. The maximum Gasteiger partial charge on any atom is 0.301 e. The first-order chi connectivity index (χ1) is 8.36. The summed E-state index contributed by atoms with van der Waals surface area (Å²) in [7, 11) is -2.04. The molecule has 1 aromatic rings. The number of nitrogens with one attached hydrogen (secondary N) is 1. The Morgan fingerprint density at radius 3 is 2.67 bits per heavy atom. The van der Waals surface area contributed by atoms with Crippen LogP contribution in [0.1, 0.15) is 12.0 Å². The lowest BCUT2D eigenvalue weighted by Gasteiger charge is -2.18. The molecule has 0 amide bonds. The lowest BCUT2D eigenvalue weighted by atomic mass is 10.2. The molecule has 0 spiro atoms. The second-order valence-electron chi connectivity index (χ2n) is 4.03. The van der Waals surface area contributed by atoms with Crippen LogP contribution in [0.4, 0.5) is 5.69 Å². The van der Waals surface area contributed by atoms with Crippen molar-refractivity contribution in [2.24, 2.45) is 5.73 Å². The van der Waals surface area contributed by atoms with Gasteiger partial charge in [-0.1, -0.05) is 17.7 Å². The molecule has 1 aromatic carbocycles. The minimum atomic E-state index is -3.55. The predicted molar refractivity (Wildman–Crippen MR) is 75.0 cm³/mol. The molecular formula is C11H18ClN3O2S. The van der Waals surface area contributed by atoms with Crippen LogP contribution in [-0.4, -0.2) is 32.9 Å². The van der Waals surface area contributed by atoms with E-state index in [0.717, 1.165) is 5.56 Å². The molecule has 0 saturated heterocycles. The van der Waals surface area contributed by atoms with E-state index in [0.29, 0.717) is 30.2 Å². The fourth-order valence-corrected chi connectivity index (χ4v) is 2.45. The lowest BCUT2D eigenvalue weighted by Crippen LogP contribution is -2.34. The van der Waals surface area contributed by atoms with Crippen LogP contribution in [0.3, 0.4) is 0 Å². The van der Waals surface area contributed by atoms with Crippen LogP contribution in [-0.2, 0) is 10.2 Å². The maximum absolute atomic E-state index is 11.9. The van der Waals surface area contributed by atoms with Crippen LogP contribution < -0.4 is 10.5 Å². The SMILES string of the molecule is Cc1ccc(NS(=O)(=O)N(C)CCCN)cc1Cl. The van der Waals surface area contributed by atoms with Gasteiger partial charge in [-0.25, -0.2) is 0 Å². The Bertz CT molecular complexity index is 505. The van der Waals surface area contributed by atoms with E-state index >= 15 is 0 Å². The number of nitrogens with two attached hydrogens (primary N) is 1. The number of hydrogen-bond donors (Lipinski definition) is 2. The molecule has 3 N–H and O–H groups in total. The zero-order chi connectivity index (χ0) is 13.8. The van der Waals surface area contributed by atoms with E-state index in [-0.39, 0.29) is 0 Å². The normalized spacial score (nSPS) is 11.8. The Labute approximate surface area is 113 Å². The minimum absolute atomic E-state index is 0.380. The van der Waals surface area contributed by atoms with Gasteiger partial charge >= 0.3 is 10.2 Å². The van der Waals surface area contributed by atoms with Gasteiger partial charge in [0.2, 0.25) is 0 Å². The molecule has 0 aliphatic heterocycles. The van der Waals surface area contributed by atoms with Gasteiger partial charge in [0.25, 0.3) is 0 Å². The van der Waals surface area contributed by atoms with Crippen LogP contribution >= 0.6 is 11.6 Å². The topological polar surface area (TPSA) is 75.4 Å². The summed E-state index contributed by atoms with van der Waals surface area (Å²) in [4.78, 5) is 0. The standard InChI is InChI=1S/C11H18ClN3O2S/c1-9-4-5-10(8-11(9)12)14-18(16,17)15(2)7-3-6-13/h4-5,8,14H,3,6-7,13H2,1-2H3. The quantitative estimate of drug-likeness (QED) is 0.836. The highest BCUT2D eigenvalue weighted by Gasteiger charge is 2.16. The molecule has 1 rings (SSSR count). The smallest absolute Gasteiger partial charge is 0.301 e. The Balaban J connectivity index is 2.78. The second-order valence-corrected chi connectivity index (χ2v) is 6.22. The second kappa shape index (κ2) is 6.38. The fraction of sp³-hybridized carbons (Fsp3) is 0.455. The summed E-state index contributed by atoms with van der Waals surface area (Å²) in [6.45, 7) is 2.69. The van der Waals surface area contributed by atoms with Gasteiger partial charge in [0.15, 0.2) is 0 Å². The molecule has 0 unspecified atom stereocenters. The van der Waals surface area contributed by atoms with E-state index in [1.165, 1.54) is 11.4 Å². The minimum Gasteiger partial charge on any atom is -0.330 e. The largest absolute Gasteiger partial charge is 0.330 e. The van der Waals surface area contributed by atoms with Gasteiger partial charge in [-0.15, -0.1) is 0 Å². The molecule has 0 bridgehead atoms. The van der Waals surface area contributed by atoms with Gasteiger partial charge < -0.3 is 5.73 Å². The number of rotatable bonds is 6. The third-order valence-corrected chi connectivity index (χ3v) is 4.41. The van der Waals surface area contributed by atoms with Crippen molar-refractivity contribution >= 4 is 27.5 Å². The molecule has 5 nitrogen and oxygen atoms in total. The van der Waals surface area contributed by atoms with Crippen LogP contribution in [0, 0.1) is 6.92 Å². The highest BCUT2D eigenvalue weighted by Crippen LogP contribution is 2.21. The molecule has 0 radical (unpaired) electrons. The first kappa shape index (κ1) is 15.2. The lowest BCUT2D eigenvalue weighted by molar-refractivity contribution is 0.468. The monoisotopic (exact) mass is 291 g/mol. The third-order valence-electron chi connectivity index (χ3n) is 2.51. The molecule has 18 heavy (non-hydrogen) atoms. The first-order valence-corrected chi connectivity index (χ1v) is 7.39. The molecular weight excluding hydrogens is 274 g/mol. The van der Waals surface area contributed by atoms with E-state index < -0.39 is 10.2 Å². The molecule has 0 saturated carbocycles. The van der Waals surface area contributed by atoms with Crippen molar-refractivity contribution in [2.75, 3.05) is 24.9 Å². The Hall–Kier alpha value is -0.820. The van der Waals surface area contributed by atoms with Crippen LogP contribution in [0.15, 0.2) is 18.2 Å². The highest BCUT2D eigenvalue weighted by atomic mass is 35.5. The number of halogens is 1. The van der Waals surface area contributed by atoms with Crippen molar-refractivity contribution in [3.63, 3.8) is 0 Å². The van der Waals surface area contributed by atoms with Gasteiger partial charge in [-0.3, -0.25) is 4.72 Å². The zero-order valence-electron chi connectivity index (χ0n) is 10.5. The molecule has 0 aromatic heterocycles. The van der Waals surface area contributed by atoms with E-state index in [4.69, 9.17) is 17.3 Å². The summed E-state index contributed by atoms with van der Waals surface area (Å²) in [5, 5.41) is 0.528. The third kappa shape index (κ3) is 4.13. The van der Waals surface area contributed by atoms with E-state index in [1.54, 1.807) is 18.2 Å². The van der Waals surface area contributed by atoms with Gasteiger partial charge in [0.1, 0.15) is 0 Å². The Morgan fingerprint density at radius 1 is 1.44 bits per heavy atom. The Kier molecular flexibility index (Phi) is 5.40. The summed E-state index contributed by atoms with van der Waals surface area (Å²) >= 11 is 5.94. The van der Waals surface area contributed by atoms with Crippen molar-refractivity contribution in [3.05, 3.63) is 28.8 Å². The zero-order valence-corrected chi connectivity index (χ0v) is 12.1. The highest BCUT2D eigenvalue weighted by molar-refractivity contribution is 7.90. The maximum atomic E-state index is 11.9. The number of hydrogen-bond acceptors (Lipinski definition) is 3. The van der Waals surface area contributed by atoms with Crippen molar-refractivity contribution in [2.45, 2.75) is 13.3 Å². The van der Waals surface area contributed by atoms with Crippen LogP contribution in [0.2, 0.25) is 5.02 Å². The average molecular weight is 292 g/mol. The predicted octanol–water partition coefficient (Wildman–Crippen LogP) is 1.59. The number of nitrogens with zero attached hydrogens (tertiary/aromatic N) is 1. The van der Waals surface area contributed by atoms with E-state index in [9.17, 15) is 8.42 Å². The summed E-state index contributed by atoms with van der Waals surface area (Å²) < 4.78 is 27.6. The molecule has 0 atom stereocenters. The molecule has 0 aliphatic rings. The summed E-state index contributed by atoms with van der Waals surface area (Å²) in [6, 6.07) is 5.03. The van der Waals surface area contributed by atoms with Gasteiger partial charge in [-0.2, -0.15) is 12.7 Å². The van der Waals surface area contributed by atoms with Gasteiger partial charge in [0, 0.05) is 18.6 Å². The summed E-state index contributed by atoms with van der Waals surface area (Å²) in [6.07, 6.45) is 0.617. The summed E-state index contributed by atoms with van der Waals surface area (Å²) in [5.41, 5.74) is 6.70. The molecule has 0 fully saturated rings. The molecule has 7 heteroatoms. The fourth-order valence-electron chi connectivity index (χ4n) is 1.32. The van der Waals surface area contributed by atoms with E-state index in [1.807, 2.05) is 6.92 Å². The van der Waals surface area contributed by atoms with Crippen LogP contribution in [0.5, 0.6) is 0 Å². The molecule has 0 heterocycles. The van der Waals surface area contributed by atoms with Gasteiger partial charge in [0.05, 0.1) is 5.69 Å².